The van der Waals surface area contributed by atoms with Gasteiger partial charge in [-0.05, 0) is 37.8 Å². The normalized spacial score (nSPS) is 41.5. The van der Waals surface area contributed by atoms with Gasteiger partial charge < -0.3 is 13.9 Å². The van der Waals surface area contributed by atoms with Crippen LogP contribution in [0.5, 0.6) is 0 Å². The van der Waals surface area contributed by atoms with Gasteiger partial charge in [0.15, 0.2) is 5.78 Å². The van der Waals surface area contributed by atoms with Crippen LogP contribution in [0.15, 0.2) is 34.7 Å². The number of hydrogen-bond donors (Lipinski definition) is 0. The predicted molar refractivity (Wildman–Crippen MR) is 87.6 cm³/mol. The van der Waals surface area contributed by atoms with Gasteiger partial charge in [0.05, 0.1) is 29.3 Å². The summed E-state index contributed by atoms with van der Waals surface area (Å²) in [7, 11) is 0. The molecule has 1 aromatic heterocycles. The van der Waals surface area contributed by atoms with E-state index in [1.165, 1.54) is 0 Å². The third-order valence-corrected chi connectivity index (χ3v) is 7.11. The van der Waals surface area contributed by atoms with E-state index in [4.69, 9.17) is 13.9 Å². The van der Waals surface area contributed by atoms with Gasteiger partial charge in [0.25, 0.3) is 0 Å². The largest absolute Gasteiger partial charge is 0.472 e. The number of esters is 2. The highest BCUT2D eigenvalue weighted by atomic mass is 16.6. The molecule has 136 valence electrons. The van der Waals surface area contributed by atoms with E-state index in [2.05, 4.69) is 0 Å². The van der Waals surface area contributed by atoms with Gasteiger partial charge in [-0.15, -0.1) is 0 Å². The zero-order valence-corrected chi connectivity index (χ0v) is 14.5. The standard InChI is InChI=1S/C20H20O6/c1-11-7-16(21)20-10-25-17(22)13(20)3-2-4-15(20)19(11)8-14(26-18(19)23)12-5-6-24-9-12/h5-7,9,13-15H,2-4,8,10H2,1H3. The summed E-state index contributed by atoms with van der Waals surface area (Å²) < 4.78 is 16.2. The zero-order valence-electron chi connectivity index (χ0n) is 14.5. The molecule has 2 saturated heterocycles. The van der Waals surface area contributed by atoms with Crippen LogP contribution in [0.2, 0.25) is 0 Å². The average molecular weight is 356 g/mol. The maximum Gasteiger partial charge on any atom is 0.317 e. The number of hydrogen-bond acceptors (Lipinski definition) is 6. The molecule has 3 fully saturated rings. The molecule has 5 atom stereocenters. The zero-order chi connectivity index (χ0) is 18.1. The first-order chi connectivity index (χ1) is 12.5. The summed E-state index contributed by atoms with van der Waals surface area (Å²) in [5.41, 5.74) is -0.226. The molecule has 1 aromatic rings. The summed E-state index contributed by atoms with van der Waals surface area (Å²) in [5, 5.41) is 0. The van der Waals surface area contributed by atoms with Crippen molar-refractivity contribution >= 4 is 17.7 Å². The van der Waals surface area contributed by atoms with Crippen molar-refractivity contribution in [3.8, 4) is 0 Å². The Hall–Kier alpha value is -2.37. The Kier molecular flexibility index (Phi) is 3.10. The van der Waals surface area contributed by atoms with E-state index < -0.39 is 22.9 Å². The predicted octanol–water partition coefficient (Wildman–Crippen LogP) is 2.74. The molecular weight excluding hydrogens is 336 g/mol. The lowest BCUT2D eigenvalue weighted by molar-refractivity contribution is -0.158. The smallest absolute Gasteiger partial charge is 0.317 e. The minimum atomic E-state index is -0.918. The van der Waals surface area contributed by atoms with Crippen LogP contribution >= 0.6 is 0 Å². The summed E-state index contributed by atoms with van der Waals surface area (Å²) in [4.78, 5) is 38.5. The fourth-order valence-electron chi connectivity index (χ4n) is 5.84. The first kappa shape index (κ1) is 15.9. The number of fused-ring (bicyclic) bond motifs is 1. The van der Waals surface area contributed by atoms with Gasteiger partial charge in [0, 0.05) is 12.0 Å². The molecular formula is C20H20O6. The quantitative estimate of drug-likeness (QED) is 0.720. The highest BCUT2D eigenvalue weighted by molar-refractivity contribution is 6.04. The molecule has 26 heavy (non-hydrogen) atoms. The summed E-state index contributed by atoms with van der Waals surface area (Å²) in [5.74, 6) is -1.38. The second-order valence-electron chi connectivity index (χ2n) is 8.00. The number of cyclic esters (lactones) is 2. The minimum absolute atomic E-state index is 0.0688. The molecule has 2 aliphatic heterocycles. The van der Waals surface area contributed by atoms with E-state index in [1.807, 2.05) is 6.92 Å². The number of ether oxygens (including phenoxy) is 2. The fraction of sp³-hybridized carbons (Fsp3) is 0.550. The number of carbonyl (C=O) groups excluding carboxylic acids is 3. The van der Waals surface area contributed by atoms with Gasteiger partial charge in [-0.3, -0.25) is 14.4 Å². The first-order valence-electron chi connectivity index (χ1n) is 9.13. The molecule has 0 N–H and O–H groups in total. The molecule has 0 amide bonds. The lowest BCUT2D eigenvalue weighted by Crippen LogP contribution is -2.58. The van der Waals surface area contributed by atoms with Crippen molar-refractivity contribution in [2.24, 2.45) is 22.7 Å². The van der Waals surface area contributed by atoms with Crippen molar-refractivity contribution in [1.82, 2.24) is 0 Å². The summed E-state index contributed by atoms with van der Waals surface area (Å²) in [6, 6.07) is 1.80. The van der Waals surface area contributed by atoms with Crippen LogP contribution in [-0.4, -0.2) is 24.3 Å². The molecule has 6 nitrogen and oxygen atoms in total. The van der Waals surface area contributed by atoms with Gasteiger partial charge in [-0.25, -0.2) is 0 Å². The molecule has 4 aliphatic rings. The monoisotopic (exact) mass is 356 g/mol. The van der Waals surface area contributed by atoms with E-state index in [-0.39, 0.29) is 30.2 Å². The van der Waals surface area contributed by atoms with Crippen molar-refractivity contribution in [2.75, 3.05) is 6.61 Å². The number of ketones is 1. The van der Waals surface area contributed by atoms with Gasteiger partial charge in [-0.2, -0.15) is 0 Å². The number of allylic oxidation sites excluding steroid dienone is 1. The summed E-state index contributed by atoms with van der Waals surface area (Å²) >= 11 is 0. The van der Waals surface area contributed by atoms with Crippen LogP contribution in [0.1, 0.15) is 44.3 Å². The molecule has 0 aromatic carbocycles. The minimum Gasteiger partial charge on any atom is -0.472 e. The Bertz CT molecular complexity index is 836. The lowest BCUT2D eigenvalue weighted by atomic mass is 9.47. The molecule has 0 bridgehead atoms. The number of rotatable bonds is 1. The molecule has 5 unspecified atom stereocenters. The van der Waals surface area contributed by atoms with Gasteiger partial charge in [0.1, 0.15) is 12.7 Å². The average Bonchev–Trinajstić information content (AvgIpc) is 3.33. The van der Waals surface area contributed by atoms with Crippen molar-refractivity contribution in [1.29, 1.82) is 0 Å². The molecule has 3 heterocycles. The van der Waals surface area contributed by atoms with Crippen LogP contribution in [-0.2, 0) is 23.9 Å². The van der Waals surface area contributed by atoms with Crippen molar-refractivity contribution in [2.45, 2.75) is 38.7 Å². The van der Waals surface area contributed by atoms with Gasteiger partial charge >= 0.3 is 11.9 Å². The van der Waals surface area contributed by atoms with Crippen LogP contribution in [0.4, 0.5) is 0 Å². The number of carbonyl (C=O) groups is 3. The summed E-state index contributed by atoms with van der Waals surface area (Å²) in [6.45, 7) is 1.92. The van der Waals surface area contributed by atoms with Crippen LogP contribution in [0.3, 0.4) is 0 Å². The summed E-state index contributed by atoms with van der Waals surface area (Å²) in [6.07, 6.45) is 6.95. The van der Waals surface area contributed by atoms with Gasteiger partial charge in [0.2, 0.25) is 0 Å². The maximum absolute atomic E-state index is 13.2. The third kappa shape index (κ3) is 1.70. The molecule has 6 heteroatoms. The fourth-order valence-corrected chi connectivity index (χ4v) is 5.84. The molecule has 1 saturated carbocycles. The molecule has 2 aliphatic carbocycles. The Labute approximate surface area is 150 Å². The Morgan fingerprint density at radius 1 is 1.19 bits per heavy atom. The molecule has 0 radical (unpaired) electrons. The van der Waals surface area contributed by atoms with Gasteiger partial charge in [-0.1, -0.05) is 12.0 Å². The third-order valence-electron chi connectivity index (χ3n) is 7.11. The Morgan fingerprint density at radius 3 is 2.81 bits per heavy atom. The molecule has 2 spiro atoms. The van der Waals surface area contributed by atoms with E-state index in [0.29, 0.717) is 12.8 Å². The van der Waals surface area contributed by atoms with E-state index >= 15 is 0 Å². The second-order valence-corrected chi connectivity index (χ2v) is 8.00. The maximum atomic E-state index is 13.2. The van der Waals surface area contributed by atoms with E-state index in [0.717, 1.165) is 24.0 Å². The molecule has 5 rings (SSSR count). The lowest BCUT2D eigenvalue weighted by Gasteiger charge is -2.51. The van der Waals surface area contributed by atoms with Crippen LogP contribution in [0, 0.1) is 22.7 Å². The van der Waals surface area contributed by atoms with Crippen LogP contribution in [0.25, 0.3) is 0 Å². The van der Waals surface area contributed by atoms with Crippen molar-refractivity contribution in [3.05, 3.63) is 35.8 Å². The highest BCUT2D eigenvalue weighted by Crippen LogP contribution is 2.65. The first-order valence-corrected chi connectivity index (χ1v) is 9.13. The second kappa shape index (κ2) is 5.09. The van der Waals surface area contributed by atoms with Crippen LogP contribution < -0.4 is 0 Å². The Morgan fingerprint density at radius 2 is 2.04 bits per heavy atom. The number of furan rings is 1. The SMILES string of the molecule is CC1=CC(=O)C23COC(=O)C2CCCC3C12CC(c1ccoc1)OC2=O. The van der Waals surface area contributed by atoms with E-state index in [9.17, 15) is 14.4 Å². The van der Waals surface area contributed by atoms with Crippen molar-refractivity contribution in [3.63, 3.8) is 0 Å². The van der Waals surface area contributed by atoms with Crippen molar-refractivity contribution < 1.29 is 28.3 Å². The van der Waals surface area contributed by atoms with E-state index in [1.54, 1.807) is 24.7 Å². The Balaban J connectivity index is 1.65. The highest BCUT2D eigenvalue weighted by Gasteiger charge is 2.71. The topological polar surface area (TPSA) is 82.8 Å².